The molecule has 1 unspecified atom stereocenters. The molecule has 0 radical (unpaired) electrons. The van der Waals surface area contributed by atoms with E-state index in [1.165, 1.54) is 12.2 Å². The molecule has 0 bridgehead atoms. The van der Waals surface area contributed by atoms with Crippen LogP contribution < -0.4 is 10.6 Å². The van der Waals surface area contributed by atoms with Crippen LogP contribution in [-0.2, 0) is 47.7 Å². The molecule has 0 spiro atoms. The summed E-state index contributed by atoms with van der Waals surface area (Å²) in [4.78, 5) is 73.7. The maximum atomic E-state index is 12.1. The van der Waals surface area contributed by atoms with Crippen LogP contribution in [0.2, 0.25) is 0 Å². The number of carbonyl (C=O) groups is 4. The first-order valence-corrected chi connectivity index (χ1v) is 15.4. The van der Waals surface area contributed by atoms with Gasteiger partial charge in [-0.25, -0.2) is 19.6 Å². The molecule has 0 amide bonds. The predicted octanol–water partition coefficient (Wildman–Crippen LogP) is 2.57. The first kappa shape index (κ1) is 42.7. The van der Waals surface area contributed by atoms with E-state index < -0.39 is 36.0 Å². The Hall–Kier alpha value is -3.44. The summed E-state index contributed by atoms with van der Waals surface area (Å²) in [5.74, 6) is -1.68. The Balaban J connectivity index is 0. The maximum absolute atomic E-state index is 12.1. The molecule has 0 saturated carbocycles. The summed E-state index contributed by atoms with van der Waals surface area (Å²) < 4.78 is 19.9. The summed E-state index contributed by atoms with van der Waals surface area (Å²) in [5, 5.41) is 6.15. The van der Waals surface area contributed by atoms with E-state index in [-0.39, 0.29) is 45.2 Å². The van der Waals surface area contributed by atoms with Crippen LogP contribution in [0.4, 0.5) is 0 Å². The summed E-state index contributed by atoms with van der Waals surface area (Å²) in [5.41, 5.74) is 0. The molecule has 0 aromatic rings. The van der Waals surface area contributed by atoms with E-state index in [1.807, 2.05) is 6.92 Å². The van der Waals surface area contributed by atoms with Crippen molar-refractivity contribution in [2.75, 3.05) is 52.6 Å². The van der Waals surface area contributed by atoms with E-state index in [4.69, 9.17) is 18.9 Å². The maximum Gasteiger partial charge on any atom is 0.323 e. The third-order valence-corrected chi connectivity index (χ3v) is 5.89. The van der Waals surface area contributed by atoms with Gasteiger partial charge in [-0.1, -0.05) is 19.8 Å². The number of isocyanates is 2. The van der Waals surface area contributed by atoms with Crippen molar-refractivity contribution >= 4 is 36.0 Å². The van der Waals surface area contributed by atoms with Crippen LogP contribution in [0.1, 0.15) is 86.0 Å². The Morgan fingerprint density at radius 1 is 0.636 bits per heavy atom. The topological polar surface area (TPSA) is 188 Å². The molecule has 0 aliphatic heterocycles. The van der Waals surface area contributed by atoms with E-state index in [2.05, 4.69) is 20.6 Å². The number of hydrogen-bond acceptors (Lipinski definition) is 14. The minimum absolute atomic E-state index is 0.0845. The molecule has 0 rings (SSSR count). The van der Waals surface area contributed by atoms with Crippen LogP contribution in [0.15, 0.2) is 9.98 Å². The second-order valence-corrected chi connectivity index (χ2v) is 9.60. The van der Waals surface area contributed by atoms with Gasteiger partial charge >= 0.3 is 23.9 Å². The van der Waals surface area contributed by atoms with Crippen molar-refractivity contribution < 1.29 is 47.7 Å². The summed E-state index contributed by atoms with van der Waals surface area (Å²) >= 11 is 0. The van der Waals surface area contributed by atoms with Crippen molar-refractivity contribution in [3.05, 3.63) is 0 Å². The Bertz CT molecular complexity index is 867. The fraction of sp³-hybridized carbons (Fsp3) is 0.800. The molecular weight excluding hydrogens is 576 g/mol. The van der Waals surface area contributed by atoms with Crippen LogP contribution in [0.5, 0.6) is 0 Å². The minimum Gasteiger partial charge on any atom is -0.466 e. The Morgan fingerprint density at radius 2 is 1.07 bits per heavy atom. The van der Waals surface area contributed by atoms with Crippen molar-refractivity contribution in [3.8, 4) is 0 Å². The first-order valence-electron chi connectivity index (χ1n) is 15.4. The lowest BCUT2D eigenvalue weighted by molar-refractivity contribution is -0.152. The third-order valence-electron chi connectivity index (χ3n) is 5.89. The number of hydrogen-bond donors (Lipinski definition) is 2. The van der Waals surface area contributed by atoms with Crippen molar-refractivity contribution in [2.24, 2.45) is 15.9 Å². The van der Waals surface area contributed by atoms with E-state index >= 15 is 0 Å². The van der Waals surface area contributed by atoms with Crippen LogP contribution in [-0.4, -0.2) is 101 Å². The predicted molar refractivity (Wildman–Crippen MR) is 162 cm³/mol. The summed E-state index contributed by atoms with van der Waals surface area (Å²) in [6.45, 7) is 11.9. The Morgan fingerprint density at radius 3 is 1.48 bits per heavy atom. The second kappa shape index (κ2) is 31.0. The van der Waals surface area contributed by atoms with E-state index in [0.717, 1.165) is 38.5 Å². The fourth-order valence-corrected chi connectivity index (χ4v) is 3.74. The zero-order valence-corrected chi connectivity index (χ0v) is 27.0. The lowest BCUT2D eigenvalue weighted by Crippen LogP contribution is -2.42. The van der Waals surface area contributed by atoms with Crippen LogP contribution >= 0.6 is 0 Å². The lowest BCUT2D eigenvalue weighted by Gasteiger charge is -2.20. The number of aliphatic imine (C=N–C) groups is 2. The molecule has 0 heterocycles. The molecule has 0 aliphatic rings. The van der Waals surface area contributed by atoms with E-state index in [1.54, 1.807) is 27.7 Å². The largest absolute Gasteiger partial charge is 0.466 e. The quantitative estimate of drug-likeness (QED) is 0.0495. The monoisotopic (exact) mass is 628 g/mol. The lowest BCUT2D eigenvalue weighted by atomic mass is 10.0. The second-order valence-electron chi connectivity index (χ2n) is 9.60. The van der Waals surface area contributed by atoms with E-state index in [0.29, 0.717) is 26.2 Å². The zero-order chi connectivity index (χ0) is 33.4. The van der Waals surface area contributed by atoms with Crippen molar-refractivity contribution in [1.82, 2.24) is 10.6 Å². The number of ether oxygens (including phenoxy) is 4. The molecular formula is C30H52N4O10. The highest BCUT2D eigenvalue weighted by Crippen LogP contribution is 2.07. The Kier molecular flexibility index (Phi) is 30.1. The molecule has 14 nitrogen and oxygen atoms in total. The van der Waals surface area contributed by atoms with E-state index in [9.17, 15) is 28.8 Å². The highest BCUT2D eigenvalue weighted by atomic mass is 16.5. The third kappa shape index (κ3) is 26.2. The average molecular weight is 629 g/mol. The average Bonchev–Trinajstić information content (AvgIpc) is 2.99. The van der Waals surface area contributed by atoms with Crippen LogP contribution in [0.3, 0.4) is 0 Å². The fourth-order valence-electron chi connectivity index (χ4n) is 3.74. The van der Waals surface area contributed by atoms with Gasteiger partial charge < -0.3 is 29.6 Å². The summed E-state index contributed by atoms with van der Waals surface area (Å²) in [6, 6.07) is -1.51. The molecule has 0 aliphatic carbocycles. The molecule has 0 aromatic carbocycles. The summed E-state index contributed by atoms with van der Waals surface area (Å²) in [7, 11) is 0. The van der Waals surface area contributed by atoms with Gasteiger partial charge in [0.1, 0.15) is 12.1 Å². The van der Waals surface area contributed by atoms with Gasteiger partial charge in [0.15, 0.2) is 0 Å². The molecule has 0 saturated heterocycles. The standard InChI is InChI=1S/C22H40N2O8.C8H12N2O2/c1-6-29-19(25)13-17(21(27)31-8-3)23-12-10-11-16(5)15-24-18(22(28)32-9-4)14-20(26)30-7-2;11-7-9-5-3-1-2-4-6-10-8-12/h16-18,23-24H,6-15H2,1-5H3;1-6H2/t16?,17-,18-;/m0./s1. The van der Waals surface area contributed by atoms with Crippen LogP contribution in [0, 0.1) is 5.92 Å². The number of unbranched alkanes of at least 4 members (excludes halogenated alkanes) is 3. The number of esters is 4. The number of nitrogens with one attached hydrogen (secondary N) is 2. The molecule has 0 fully saturated rings. The zero-order valence-electron chi connectivity index (χ0n) is 27.0. The molecule has 252 valence electrons. The first-order chi connectivity index (χ1) is 21.2. The van der Waals surface area contributed by atoms with Crippen molar-refractivity contribution in [2.45, 2.75) is 98.1 Å². The van der Waals surface area contributed by atoms with Crippen LogP contribution in [0.25, 0.3) is 0 Å². The molecule has 44 heavy (non-hydrogen) atoms. The van der Waals surface area contributed by atoms with Crippen molar-refractivity contribution in [1.29, 1.82) is 0 Å². The normalized spacial score (nSPS) is 12.1. The van der Waals surface area contributed by atoms with Gasteiger partial charge in [-0.05, 0) is 72.4 Å². The number of rotatable bonds is 25. The summed E-state index contributed by atoms with van der Waals surface area (Å²) in [6.07, 6.45) is 8.16. The molecule has 14 heteroatoms. The van der Waals surface area contributed by atoms with Gasteiger partial charge in [0, 0.05) is 0 Å². The van der Waals surface area contributed by atoms with Gasteiger partial charge in [0.2, 0.25) is 12.2 Å². The highest BCUT2D eigenvalue weighted by molar-refractivity contribution is 5.83. The SMILES string of the molecule is CCOC(=O)C[C@H](NCCCC(C)CN[C@@H](CC(=O)OCC)C(=O)OCC)C(=O)OCC.O=C=NCCCCCCN=C=O. The molecule has 3 atom stereocenters. The Labute approximate surface area is 261 Å². The van der Waals surface area contributed by atoms with Gasteiger partial charge in [-0.15, -0.1) is 0 Å². The number of nitrogens with zero attached hydrogens (tertiary/aromatic N) is 2. The van der Waals surface area contributed by atoms with Gasteiger partial charge in [0.25, 0.3) is 0 Å². The highest BCUT2D eigenvalue weighted by Gasteiger charge is 2.25. The van der Waals surface area contributed by atoms with Crippen molar-refractivity contribution in [3.63, 3.8) is 0 Å². The van der Waals surface area contributed by atoms with Gasteiger partial charge in [0.05, 0.1) is 52.4 Å². The van der Waals surface area contributed by atoms with Gasteiger partial charge in [-0.3, -0.25) is 19.2 Å². The van der Waals surface area contributed by atoms with Gasteiger partial charge in [-0.2, -0.15) is 0 Å². The minimum atomic E-state index is -0.757. The number of carbonyl (C=O) groups excluding carboxylic acids is 6. The smallest absolute Gasteiger partial charge is 0.323 e. The molecule has 0 aromatic heterocycles. The molecule has 2 N–H and O–H groups in total.